The molecule has 0 aromatic rings. The molecule has 0 aromatic carbocycles. The largest absolute Gasteiger partial charge is 0.385 e. The number of rotatable bonds is 8. The van der Waals surface area contributed by atoms with Gasteiger partial charge in [-0.25, -0.2) is 0 Å². The second kappa shape index (κ2) is 7.05. The summed E-state index contributed by atoms with van der Waals surface area (Å²) in [5, 5.41) is 3.71. The lowest BCUT2D eigenvalue weighted by Gasteiger charge is -2.39. The zero-order valence-electron chi connectivity index (χ0n) is 13.1. The highest BCUT2D eigenvalue weighted by atomic mass is 16.5. The minimum absolute atomic E-state index is 0.611. The number of likely N-dealkylation sites (tertiary alicyclic amines) is 1. The molecule has 2 aliphatic rings. The van der Waals surface area contributed by atoms with Gasteiger partial charge in [-0.2, -0.15) is 0 Å². The molecule has 2 atom stereocenters. The fourth-order valence-electron chi connectivity index (χ4n) is 3.47. The third-order valence-electron chi connectivity index (χ3n) is 5.00. The zero-order chi connectivity index (χ0) is 13.7. The van der Waals surface area contributed by atoms with Gasteiger partial charge in [-0.3, -0.25) is 0 Å². The molecule has 1 aliphatic carbocycles. The van der Waals surface area contributed by atoms with E-state index in [-0.39, 0.29) is 0 Å². The summed E-state index contributed by atoms with van der Waals surface area (Å²) < 4.78 is 5.26. The first kappa shape index (κ1) is 15.3. The lowest BCUT2D eigenvalue weighted by atomic mass is 9.92. The molecule has 1 N–H and O–H groups in total. The van der Waals surface area contributed by atoms with Crippen LogP contribution in [0, 0.1) is 11.3 Å². The summed E-state index contributed by atoms with van der Waals surface area (Å²) >= 11 is 0. The topological polar surface area (TPSA) is 24.5 Å². The van der Waals surface area contributed by atoms with Gasteiger partial charge < -0.3 is 15.0 Å². The number of methoxy groups -OCH3 is 1. The summed E-state index contributed by atoms with van der Waals surface area (Å²) in [4.78, 5) is 2.71. The van der Waals surface area contributed by atoms with Crippen LogP contribution in [0.25, 0.3) is 0 Å². The van der Waals surface area contributed by atoms with Crippen molar-refractivity contribution in [2.75, 3.05) is 39.9 Å². The van der Waals surface area contributed by atoms with Crippen molar-refractivity contribution in [1.82, 2.24) is 10.2 Å². The highest BCUT2D eigenvalue weighted by molar-refractivity contribution is 4.97. The summed E-state index contributed by atoms with van der Waals surface area (Å²) in [6.07, 6.45) is 6.65. The van der Waals surface area contributed by atoms with Gasteiger partial charge in [0.2, 0.25) is 0 Å². The van der Waals surface area contributed by atoms with Crippen molar-refractivity contribution in [3.63, 3.8) is 0 Å². The molecular weight excluding hydrogens is 236 g/mol. The van der Waals surface area contributed by atoms with Crippen LogP contribution in [0.1, 0.15) is 46.0 Å². The fourth-order valence-corrected chi connectivity index (χ4v) is 3.47. The van der Waals surface area contributed by atoms with Crippen molar-refractivity contribution in [1.29, 1.82) is 0 Å². The molecule has 2 fully saturated rings. The molecule has 3 heteroatoms. The van der Waals surface area contributed by atoms with E-state index in [1.807, 2.05) is 7.11 Å². The van der Waals surface area contributed by atoms with Gasteiger partial charge in [-0.15, -0.1) is 0 Å². The van der Waals surface area contributed by atoms with E-state index in [0.29, 0.717) is 5.41 Å². The van der Waals surface area contributed by atoms with Crippen LogP contribution < -0.4 is 5.32 Å². The Bertz CT molecular complexity index is 265. The Balaban J connectivity index is 1.72. The van der Waals surface area contributed by atoms with Crippen LogP contribution in [0.2, 0.25) is 0 Å². The van der Waals surface area contributed by atoms with E-state index in [9.17, 15) is 0 Å². The number of hydrogen-bond donors (Lipinski definition) is 1. The van der Waals surface area contributed by atoms with Gasteiger partial charge >= 0.3 is 0 Å². The number of ether oxygens (including phenoxy) is 1. The number of nitrogens with one attached hydrogen (secondary N) is 1. The van der Waals surface area contributed by atoms with Crippen LogP contribution >= 0.6 is 0 Å². The van der Waals surface area contributed by atoms with Crippen molar-refractivity contribution in [3.8, 4) is 0 Å². The molecule has 2 unspecified atom stereocenters. The van der Waals surface area contributed by atoms with Crippen molar-refractivity contribution in [3.05, 3.63) is 0 Å². The Morgan fingerprint density at radius 2 is 2.16 bits per heavy atom. The monoisotopic (exact) mass is 268 g/mol. The van der Waals surface area contributed by atoms with Crippen molar-refractivity contribution < 1.29 is 4.74 Å². The average Bonchev–Trinajstić information content (AvgIpc) is 3.16. The molecule has 0 spiro atoms. The van der Waals surface area contributed by atoms with E-state index >= 15 is 0 Å². The first-order valence-electron chi connectivity index (χ1n) is 8.14. The number of nitrogens with zero attached hydrogens (tertiary/aromatic N) is 1. The van der Waals surface area contributed by atoms with Gasteiger partial charge in [0, 0.05) is 32.8 Å². The maximum Gasteiger partial charge on any atom is 0.0468 e. The van der Waals surface area contributed by atoms with Crippen LogP contribution in [0.15, 0.2) is 0 Å². The standard InChI is InChI=1S/C16H32N2O/c1-4-9-17-15-5-10-18(12-14(15)2)13-16(6-7-16)8-11-19-3/h14-15,17H,4-13H2,1-3H3. The van der Waals surface area contributed by atoms with Crippen molar-refractivity contribution >= 4 is 0 Å². The molecule has 0 aromatic heterocycles. The molecule has 0 amide bonds. The third kappa shape index (κ3) is 4.44. The minimum Gasteiger partial charge on any atom is -0.385 e. The predicted octanol–water partition coefficient (Wildman–Crippen LogP) is 2.51. The number of piperidine rings is 1. The Kier molecular flexibility index (Phi) is 5.67. The predicted molar refractivity (Wildman–Crippen MR) is 80.5 cm³/mol. The minimum atomic E-state index is 0.611. The van der Waals surface area contributed by atoms with E-state index in [4.69, 9.17) is 4.74 Å². The van der Waals surface area contributed by atoms with Crippen LogP contribution in [-0.2, 0) is 4.74 Å². The molecule has 1 heterocycles. The van der Waals surface area contributed by atoms with Gasteiger partial charge in [0.15, 0.2) is 0 Å². The van der Waals surface area contributed by atoms with Crippen LogP contribution in [0.5, 0.6) is 0 Å². The van der Waals surface area contributed by atoms with Gasteiger partial charge in [0.1, 0.15) is 0 Å². The summed E-state index contributed by atoms with van der Waals surface area (Å²) in [7, 11) is 1.82. The molecule has 3 nitrogen and oxygen atoms in total. The molecule has 112 valence electrons. The molecular formula is C16H32N2O. The molecule has 1 saturated carbocycles. The quantitative estimate of drug-likeness (QED) is 0.732. The van der Waals surface area contributed by atoms with Crippen molar-refractivity contribution in [2.45, 2.75) is 52.0 Å². The third-order valence-corrected chi connectivity index (χ3v) is 5.00. The fraction of sp³-hybridized carbons (Fsp3) is 1.00. The van der Waals surface area contributed by atoms with Crippen molar-refractivity contribution in [2.24, 2.45) is 11.3 Å². The van der Waals surface area contributed by atoms with E-state index in [0.717, 1.165) is 18.6 Å². The van der Waals surface area contributed by atoms with Crippen LogP contribution in [0.3, 0.4) is 0 Å². The molecule has 2 rings (SSSR count). The summed E-state index contributed by atoms with van der Waals surface area (Å²) in [5.74, 6) is 0.790. The summed E-state index contributed by atoms with van der Waals surface area (Å²) in [6.45, 7) is 10.6. The summed E-state index contributed by atoms with van der Waals surface area (Å²) in [6, 6.07) is 0.741. The Hall–Kier alpha value is -0.120. The Morgan fingerprint density at radius 1 is 1.37 bits per heavy atom. The van der Waals surface area contributed by atoms with E-state index in [2.05, 4.69) is 24.1 Å². The SMILES string of the molecule is CCCNC1CCN(CC2(CCOC)CC2)CC1C. The van der Waals surface area contributed by atoms with Crippen LogP contribution in [0.4, 0.5) is 0 Å². The molecule has 19 heavy (non-hydrogen) atoms. The Labute approximate surface area is 119 Å². The first-order valence-corrected chi connectivity index (χ1v) is 8.14. The van der Waals surface area contributed by atoms with Gasteiger partial charge in [0.05, 0.1) is 0 Å². The van der Waals surface area contributed by atoms with Gasteiger partial charge in [0.25, 0.3) is 0 Å². The van der Waals surface area contributed by atoms with E-state index in [1.54, 1.807) is 0 Å². The van der Waals surface area contributed by atoms with Crippen LogP contribution in [-0.4, -0.2) is 50.8 Å². The summed E-state index contributed by atoms with van der Waals surface area (Å²) in [5.41, 5.74) is 0.611. The maximum absolute atomic E-state index is 5.26. The first-order chi connectivity index (χ1) is 9.19. The Morgan fingerprint density at radius 3 is 2.74 bits per heavy atom. The maximum atomic E-state index is 5.26. The normalized spacial score (nSPS) is 30.5. The number of hydrogen-bond acceptors (Lipinski definition) is 3. The second-order valence-electron chi connectivity index (χ2n) is 6.80. The molecule has 0 radical (unpaired) electrons. The van der Waals surface area contributed by atoms with Gasteiger partial charge in [-0.1, -0.05) is 13.8 Å². The highest BCUT2D eigenvalue weighted by Crippen LogP contribution is 2.49. The lowest BCUT2D eigenvalue weighted by Crippen LogP contribution is -2.49. The van der Waals surface area contributed by atoms with E-state index in [1.165, 1.54) is 58.3 Å². The highest BCUT2D eigenvalue weighted by Gasteiger charge is 2.44. The molecule has 1 aliphatic heterocycles. The average molecular weight is 268 g/mol. The van der Waals surface area contributed by atoms with Gasteiger partial charge in [-0.05, 0) is 56.5 Å². The lowest BCUT2D eigenvalue weighted by molar-refractivity contribution is 0.105. The molecule has 0 bridgehead atoms. The smallest absolute Gasteiger partial charge is 0.0468 e. The zero-order valence-corrected chi connectivity index (χ0v) is 13.1. The second-order valence-corrected chi connectivity index (χ2v) is 6.80. The molecule has 1 saturated heterocycles. The van der Waals surface area contributed by atoms with E-state index < -0.39 is 0 Å².